The third-order valence-electron chi connectivity index (χ3n) is 3.04. The number of ether oxygens (including phenoxy) is 2. The molecule has 3 heteroatoms. The fraction of sp³-hybridized carbons (Fsp3) is 0.625. The van der Waals surface area contributed by atoms with Gasteiger partial charge in [0, 0.05) is 18.2 Å². The molecule has 1 atom stereocenters. The second-order valence-corrected chi connectivity index (χ2v) is 5.03. The normalized spacial score (nSPS) is 12.2. The minimum atomic E-state index is 0.492. The van der Waals surface area contributed by atoms with Crippen molar-refractivity contribution in [1.82, 2.24) is 0 Å². The molecule has 1 unspecified atom stereocenters. The van der Waals surface area contributed by atoms with Gasteiger partial charge in [0.2, 0.25) is 0 Å². The molecule has 0 spiro atoms. The Morgan fingerprint density at radius 1 is 1.16 bits per heavy atom. The highest BCUT2D eigenvalue weighted by Crippen LogP contribution is 2.25. The van der Waals surface area contributed by atoms with E-state index in [1.807, 2.05) is 18.2 Å². The van der Waals surface area contributed by atoms with Crippen LogP contribution in [0.5, 0.6) is 11.5 Å². The molecule has 0 aliphatic carbocycles. The molecule has 0 fully saturated rings. The lowest BCUT2D eigenvalue weighted by Crippen LogP contribution is -2.10. The molecular formula is C16H27NO2. The van der Waals surface area contributed by atoms with E-state index in [4.69, 9.17) is 15.2 Å². The summed E-state index contributed by atoms with van der Waals surface area (Å²) in [6.45, 7) is 8.46. The van der Waals surface area contributed by atoms with Crippen molar-refractivity contribution < 1.29 is 9.47 Å². The van der Waals surface area contributed by atoms with Crippen molar-refractivity contribution in [2.75, 3.05) is 13.2 Å². The smallest absolute Gasteiger partial charge is 0.127 e. The van der Waals surface area contributed by atoms with Gasteiger partial charge in [-0.25, -0.2) is 0 Å². The molecule has 0 radical (unpaired) electrons. The van der Waals surface area contributed by atoms with Crippen LogP contribution in [0.2, 0.25) is 0 Å². The van der Waals surface area contributed by atoms with E-state index >= 15 is 0 Å². The topological polar surface area (TPSA) is 44.5 Å². The first kappa shape index (κ1) is 15.8. The van der Waals surface area contributed by atoms with Crippen molar-refractivity contribution >= 4 is 0 Å². The van der Waals surface area contributed by atoms with Crippen molar-refractivity contribution in [3.63, 3.8) is 0 Å². The summed E-state index contributed by atoms with van der Waals surface area (Å²) in [7, 11) is 0. The molecule has 19 heavy (non-hydrogen) atoms. The monoisotopic (exact) mass is 265 g/mol. The van der Waals surface area contributed by atoms with Crippen molar-refractivity contribution in [1.29, 1.82) is 0 Å². The molecule has 0 heterocycles. The molecule has 0 saturated heterocycles. The summed E-state index contributed by atoms with van der Waals surface area (Å²) in [6, 6.07) is 5.90. The summed E-state index contributed by atoms with van der Waals surface area (Å²) < 4.78 is 11.5. The zero-order valence-electron chi connectivity index (χ0n) is 12.4. The molecule has 1 rings (SSSR count). The quantitative estimate of drug-likeness (QED) is 0.739. The van der Waals surface area contributed by atoms with Crippen LogP contribution >= 0.6 is 0 Å². The third kappa shape index (κ3) is 5.52. The van der Waals surface area contributed by atoms with Gasteiger partial charge in [0.25, 0.3) is 0 Å². The van der Waals surface area contributed by atoms with E-state index in [9.17, 15) is 0 Å². The maximum atomic E-state index is 5.90. The van der Waals surface area contributed by atoms with Crippen LogP contribution in [0, 0.1) is 5.92 Å². The lowest BCUT2D eigenvalue weighted by atomic mass is 10.1. The highest BCUT2D eigenvalue weighted by Gasteiger charge is 2.07. The predicted molar refractivity (Wildman–Crippen MR) is 79.7 cm³/mol. The third-order valence-corrected chi connectivity index (χ3v) is 3.04. The van der Waals surface area contributed by atoms with E-state index in [0.717, 1.165) is 36.7 Å². The van der Waals surface area contributed by atoms with E-state index in [1.54, 1.807) is 0 Å². The number of hydrogen-bond acceptors (Lipinski definition) is 3. The Labute approximate surface area is 117 Å². The average Bonchev–Trinajstić information content (AvgIpc) is 2.43. The second kappa shape index (κ2) is 8.81. The Kier molecular flexibility index (Phi) is 7.34. The minimum Gasteiger partial charge on any atom is -0.493 e. The van der Waals surface area contributed by atoms with E-state index in [-0.39, 0.29) is 0 Å². The molecule has 0 aliphatic rings. The van der Waals surface area contributed by atoms with E-state index in [1.165, 1.54) is 12.8 Å². The van der Waals surface area contributed by atoms with Crippen LogP contribution in [-0.4, -0.2) is 13.2 Å². The predicted octanol–water partition coefficient (Wildman–Crippen LogP) is 3.75. The standard InChI is InChI=1S/C16H27NO2/c1-4-6-13(3)12-19-16-10-15(18-9-5-2)8-7-14(16)11-17/h7-8,10,13H,4-6,9,11-12,17H2,1-3H3. The molecule has 3 nitrogen and oxygen atoms in total. The van der Waals surface area contributed by atoms with Crippen LogP contribution in [0.3, 0.4) is 0 Å². The lowest BCUT2D eigenvalue weighted by molar-refractivity contribution is 0.247. The van der Waals surface area contributed by atoms with Gasteiger partial charge in [0.15, 0.2) is 0 Å². The van der Waals surface area contributed by atoms with Gasteiger partial charge < -0.3 is 15.2 Å². The molecule has 0 aromatic heterocycles. The molecule has 1 aromatic carbocycles. The van der Waals surface area contributed by atoms with Crippen LogP contribution in [-0.2, 0) is 6.54 Å². The van der Waals surface area contributed by atoms with Gasteiger partial charge in [-0.2, -0.15) is 0 Å². The molecule has 0 saturated carbocycles. The molecule has 108 valence electrons. The first-order valence-corrected chi connectivity index (χ1v) is 7.29. The number of benzene rings is 1. The fourth-order valence-corrected chi connectivity index (χ4v) is 1.96. The lowest BCUT2D eigenvalue weighted by Gasteiger charge is -2.16. The Hall–Kier alpha value is -1.22. The number of hydrogen-bond donors (Lipinski definition) is 1. The van der Waals surface area contributed by atoms with Crippen LogP contribution in [0.15, 0.2) is 18.2 Å². The molecule has 0 bridgehead atoms. The first-order valence-electron chi connectivity index (χ1n) is 7.29. The van der Waals surface area contributed by atoms with E-state index in [2.05, 4.69) is 20.8 Å². The summed E-state index contributed by atoms with van der Waals surface area (Å²) >= 11 is 0. The summed E-state index contributed by atoms with van der Waals surface area (Å²) in [4.78, 5) is 0. The summed E-state index contributed by atoms with van der Waals surface area (Å²) in [6.07, 6.45) is 3.38. The summed E-state index contributed by atoms with van der Waals surface area (Å²) in [5.74, 6) is 2.28. The van der Waals surface area contributed by atoms with E-state index < -0.39 is 0 Å². The van der Waals surface area contributed by atoms with Crippen molar-refractivity contribution in [3.8, 4) is 11.5 Å². The SMILES string of the molecule is CCCOc1ccc(CN)c(OCC(C)CCC)c1. The van der Waals surface area contributed by atoms with Crippen molar-refractivity contribution in [3.05, 3.63) is 23.8 Å². The molecule has 1 aromatic rings. The maximum absolute atomic E-state index is 5.90. The highest BCUT2D eigenvalue weighted by molar-refractivity contribution is 5.40. The fourth-order valence-electron chi connectivity index (χ4n) is 1.96. The minimum absolute atomic E-state index is 0.492. The van der Waals surface area contributed by atoms with Crippen LogP contribution in [0.4, 0.5) is 0 Å². The van der Waals surface area contributed by atoms with Crippen molar-refractivity contribution in [2.45, 2.75) is 46.6 Å². The highest BCUT2D eigenvalue weighted by atomic mass is 16.5. The summed E-state index contributed by atoms with van der Waals surface area (Å²) in [5, 5.41) is 0. The van der Waals surface area contributed by atoms with Crippen LogP contribution in [0.1, 0.15) is 45.6 Å². The molecule has 0 amide bonds. The van der Waals surface area contributed by atoms with Crippen LogP contribution < -0.4 is 15.2 Å². The Bertz CT molecular complexity index is 366. The van der Waals surface area contributed by atoms with Gasteiger partial charge in [-0.15, -0.1) is 0 Å². The Balaban J connectivity index is 2.66. The Morgan fingerprint density at radius 2 is 1.95 bits per heavy atom. The van der Waals surface area contributed by atoms with Gasteiger partial charge in [-0.1, -0.05) is 33.3 Å². The van der Waals surface area contributed by atoms with E-state index in [0.29, 0.717) is 12.5 Å². The molecular weight excluding hydrogens is 238 g/mol. The van der Waals surface area contributed by atoms with Gasteiger partial charge >= 0.3 is 0 Å². The molecule has 2 N–H and O–H groups in total. The maximum Gasteiger partial charge on any atom is 0.127 e. The first-order chi connectivity index (χ1) is 9.21. The zero-order valence-corrected chi connectivity index (χ0v) is 12.4. The van der Waals surface area contributed by atoms with Gasteiger partial charge in [-0.3, -0.25) is 0 Å². The van der Waals surface area contributed by atoms with Crippen molar-refractivity contribution in [2.24, 2.45) is 11.7 Å². The Morgan fingerprint density at radius 3 is 2.58 bits per heavy atom. The number of rotatable bonds is 9. The van der Waals surface area contributed by atoms with Crippen LogP contribution in [0.25, 0.3) is 0 Å². The van der Waals surface area contributed by atoms with Gasteiger partial charge in [0.05, 0.1) is 13.2 Å². The second-order valence-electron chi connectivity index (χ2n) is 5.03. The average molecular weight is 265 g/mol. The summed E-state index contributed by atoms with van der Waals surface area (Å²) in [5.41, 5.74) is 6.78. The number of nitrogens with two attached hydrogens (primary N) is 1. The zero-order chi connectivity index (χ0) is 14.1. The van der Waals surface area contributed by atoms with Gasteiger partial charge in [-0.05, 0) is 24.8 Å². The largest absolute Gasteiger partial charge is 0.493 e. The van der Waals surface area contributed by atoms with Gasteiger partial charge in [0.1, 0.15) is 11.5 Å². The molecule has 0 aliphatic heterocycles.